The molecule has 1 saturated heterocycles. The molecule has 1 aliphatic heterocycles. The molecule has 0 N–H and O–H groups in total. The third-order valence-electron chi connectivity index (χ3n) is 3.55. The van der Waals surface area contributed by atoms with E-state index in [4.69, 9.17) is 20.9 Å². The summed E-state index contributed by atoms with van der Waals surface area (Å²) in [7, 11) is -0.879. The third kappa shape index (κ3) is 3.24. The Labute approximate surface area is 109 Å². The average molecular weight is 263 g/mol. The van der Waals surface area contributed by atoms with Crippen LogP contribution in [0.3, 0.4) is 0 Å². The first-order valence-corrected chi connectivity index (χ1v) is 6.51. The zero-order valence-corrected chi connectivity index (χ0v) is 12.0. The van der Waals surface area contributed by atoms with Gasteiger partial charge in [0.15, 0.2) is 0 Å². The predicted molar refractivity (Wildman–Crippen MR) is 69.8 cm³/mol. The van der Waals surface area contributed by atoms with Gasteiger partial charge in [-0.1, -0.05) is 0 Å². The van der Waals surface area contributed by atoms with E-state index in [2.05, 4.69) is 0 Å². The molecule has 0 atom stereocenters. The lowest BCUT2D eigenvalue weighted by Gasteiger charge is -2.32. The zero-order chi connectivity index (χ0) is 13.3. The number of alkyl halides is 1. The van der Waals surface area contributed by atoms with Crippen molar-refractivity contribution < 1.29 is 13.7 Å². The van der Waals surface area contributed by atoms with Gasteiger partial charge in [0, 0.05) is 5.88 Å². The van der Waals surface area contributed by atoms with Crippen molar-refractivity contribution in [2.24, 2.45) is 0 Å². The highest BCUT2D eigenvalue weighted by molar-refractivity contribution is 6.53. The van der Waals surface area contributed by atoms with Gasteiger partial charge in [-0.2, -0.15) is 0 Å². The van der Waals surface area contributed by atoms with Gasteiger partial charge in [-0.15, -0.1) is 11.6 Å². The molecule has 0 aromatic heterocycles. The van der Waals surface area contributed by atoms with Crippen LogP contribution in [-0.4, -0.2) is 24.2 Å². The van der Waals surface area contributed by atoms with Crippen LogP contribution in [0.4, 0.5) is 4.39 Å². The van der Waals surface area contributed by atoms with Crippen molar-refractivity contribution >= 4 is 18.7 Å². The van der Waals surface area contributed by atoms with E-state index in [1.54, 1.807) is 6.92 Å². The van der Waals surface area contributed by atoms with Crippen LogP contribution < -0.4 is 0 Å². The Kier molecular flexibility index (Phi) is 4.67. The van der Waals surface area contributed by atoms with Gasteiger partial charge >= 0.3 is 7.12 Å². The maximum absolute atomic E-state index is 14.1. The fraction of sp³-hybridized carbons (Fsp3) is 0.833. The highest BCUT2D eigenvalue weighted by atomic mass is 35.5. The number of rotatable bonds is 4. The van der Waals surface area contributed by atoms with Gasteiger partial charge < -0.3 is 9.31 Å². The lowest BCUT2D eigenvalue weighted by molar-refractivity contribution is 0.00578. The second-order valence-electron chi connectivity index (χ2n) is 5.51. The van der Waals surface area contributed by atoms with Crippen molar-refractivity contribution in [1.82, 2.24) is 0 Å². The largest absolute Gasteiger partial charge is 0.525 e. The molecule has 5 heteroatoms. The Balaban J connectivity index is 2.77. The molecule has 0 aromatic carbocycles. The summed E-state index contributed by atoms with van der Waals surface area (Å²) in [4.78, 5) is 0. The molecule has 0 radical (unpaired) electrons. The minimum Gasteiger partial charge on any atom is -0.398 e. The highest BCUT2D eigenvalue weighted by Crippen LogP contribution is 2.39. The van der Waals surface area contributed by atoms with Crippen molar-refractivity contribution in [1.29, 1.82) is 0 Å². The molecule has 0 unspecified atom stereocenters. The Bertz CT molecular complexity index is 300. The van der Waals surface area contributed by atoms with Crippen molar-refractivity contribution in [2.75, 3.05) is 5.88 Å². The summed E-state index contributed by atoms with van der Waals surface area (Å²) < 4.78 is 25.4. The normalized spacial score (nSPS) is 23.8. The standard InChI is InChI=1S/C12H21BClFO2/c1-9(7-6-8-14)10(15)13-16-11(2,3)12(4,5)17-13/h6-8H2,1-5H3. The molecule has 0 aromatic rings. The molecule has 0 aliphatic carbocycles. The number of hydrogen-bond acceptors (Lipinski definition) is 2. The van der Waals surface area contributed by atoms with Gasteiger partial charge in [0.1, 0.15) is 5.73 Å². The summed E-state index contributed by atoms with van der Waals surface area (Å²) in [6.45, 7) is 9.40. The molecule has 0 amide bonds. The monoisotopic (exact) mass is 262 g/mol. The van der Waals surface area contributed by atoms with Crippen LogP contribution in [0.1, 0.15) is 47.5 Å². The lowest BCUT2D eigenvalue weighted by Crippen LogP contribution is -2.41. The van der Waals surface area contributed by atoms with E-state index in [0.717, 1.165) is 6.42 Å². The zero-order valence-electron chi connectivity index (χ0n) is 11.3. The molecule has 0 spiro atoms. The number of halogens is 2. The Morgan fingerprint density at radius 3 is 2.06 bits per heavy atom. The van der Waals surface area contributed by atoms with Crippen molar-refractivity contribution in [2.45, 2.75) is 58.7 Å². The van der Waals surface area contributed by atoms with Crippen molar-refractivity contribution in [3.63, 3.8) is 0 Å². The van der Waals surface area contributed by atoms with Gasteiger partial charge in [0.05, 0.1) is 11.2 Å². The molecule has 17 heavy (non-hydrogen) atoms. The highest BCUT2D eigenvalue weighted by Gasteiger charge is 2.53. The maximum atomic E-state index is 14.1. The van der Waals surface area contributed by atoms with E-state index >= 15 is 0 Å². The van der Waals surface area contributed by atoms with Crippen molar-refractivity contribution in [3.8, 4) is 0 Å². The van der Waals surface area contributed by atoms with E-state index in [9.17, 15) is 4.39 Å². The molecule has 1 aliphatic rings. The summed E-state index contributed by atoms with van der Waals surface area (Å²) >= 11 is 5.59. The Morgan fingerprint density at radius 1 is 1.18 bits per heavy atom. The van der Waals surface area contributed by atoms with Gasteiger partial charge in [0.2, 0.25) is 0 Å². The number of hydrogen-bond donors (Lipinski definition) is 0. The van der Waals surface area contributed by atoms with E-state index in [0.29, 0.717) is 17.9 Å². The summed E-state index contributed by atoms with van der Waals surface area (Å²) in [6.07, 6.45) is 1.40. The molecular weight excluding hydrogens is 241 g/mol. The molecular formula is C12H21BClFO2. The van der Waals surface area contributed by atoms with Gasteiger partial charge in [0.25, 0.3) is 0 Å². The van der Waals surface area contributed by atoms with Gasteiger partial charge in [-0.05, 0) is 53.0 Å². The first-order valence-electron chi connectivity index (χ1n) is 5.98. The molecule has 1 rings (SSSR count). The van der Waals surface area contributed by atoms with Crippen LogP contribution >= 0.6 is 11.6 Å². The van der Waals surface area contributed by atoms with Crippen LogP contribution in [0.15, 0.2) is 11.3 Å². The quantitative estimate of drug-likeness (QED) is 0.565. The van der Waals surface area contributed by atoms with Crippen LogP contribution in [0.2, 0.25) is 0 Å². The Morgan fingerprint density at radius 2 is 1.65 bits per heavy atom. The van der Waals surface area contributed by atoms with E-state index in [1.165, 1.54) is 0 Å². The SMILES string of the molecule is CC(CCCCl)=C(F)B1OC(C)(C)C(C)(C)O1. The van der Waals surface area contributed by atoms with Crippen LogP contribution in [0.25, 0.3) is 0 Å². The minimum absolute atomic E-state index is 0.311. The molecule has 0 bridgehead atoms. The smallest absolute Gasteiger partial charge is 0.398 e. The molecule has 1 heterocycles. The van der Waals surface area contributed by atoms with Crippen LogP contribution in [0.5, 0.6) is 0 Å². The summed E-state index contributed by atoms with van der Waals surface area (Å²) in [5.41, 5.74) is -0.651. The molecule has 0 saturated carbocycles. The van der Waals surface area contributed by atoms with E-state index in [-0.39, 0.29) is 5.73 Å². The number of allylic oxidation sites excluding steroid dienone is 1. The van der Waals surface area contributed by atoms with Crippen LogP contribution in [0, 0.1) is 0 Å². The fourth-order valence-electron chi connectivity index (χ4n) is 1.60. The molecule has 98 valence electrons. The second-order valence-corrected chi connectivity index (χ2v) is 5.89. The van der Waals surface area contributed by atoms with Gasteiger partial charge in [-0.3, -0.25) is 0 Å². The topological polar surface area (TPSA) is 18.5 Å². The third-order valence-corrected chi connectivity index (χ3v) is 3.82. The molecule has 1 fully saturated rings. The summed E-state index contributed by atoms with van der Waals surface area (Å²) in [6, 6.07) is 0. The average Bonchev–Trinajstić information content (AvgIpc) is 2.43. The van der Waals surface area contributed by atoms with E-state index < -0.39 is 18.3 Å². The molecule has 2 nitrogen and oxygen atoms in total. The fourth-order valence-corrected chi connectivity index (χ4v) is 1.73. The van der Waals surface area contributed by atoms with Crippen molar-refractivity contribution in [3.05, 3.63) is 11.3 Å². The first kappa shape index (κ1) is 15.0. The van der Waals surface area contributed by atoms with E-state index in [1.807, 2.05) is 27.7 Å². The minimum atomic E-state index is -0.879. The summed E-state index contributed by atoms with van der Waals surface area (Å²) in [5.74, 6) is 0.536. The second kappa shape index (κ2) is 5.29. The maximum Gasteiger partial charge on any atom is 0.525 e. The predicted octanol–water partition coefficient (Wildman–Crippen LogP) is 3.88. The van der Waals surface area contributed by atoms with Gasteiger partial charge in [-0.25, -0.2) is 4.39 Å². The Hall–Kier alpha value is -0.0551. The first-order chi connectivity index (χ1) is 7.71. The summed E-state index contributed by atoms with van der Waals surface area (Å²) in [5, 5.41) is 0. The lowest BCUT2D eigenvalue weighted by atomic mass is 9.84. The van der Waals surface area contributed by atoms with Crippen LogP contribution in [-0.2, 0) is 9.31 Å².